The van der Waals surface area contributed by atoms with Crippen LogP contribution >= 0.6 is 11.8 Å². The van der Waals surface area contributed by atoms with Gasteiger partial charge in [0.1, 0.15) is 0 Å². The largest absolute Gasteiger partial charge is 0.350 e. The highest BCUT2D eigenvalue weighted by Gasteiger charge is 2.06. The molecule has 1 unspecified atom stereocenters. The monoisotopic (exact) mass is 248 g/mol. The number of H-pyrrole nitrogens is 1. The third-order valence-electron chi connectivity index (χ3n) is 2.69. The zero-order chi connectivity index (χ0) is 12.1. The highest BCUT2D eigenvalue weighted by molar-refractivity contribution is 7.99. The molecule has 2 rings (SSSR count). The lowest BCUT2D eigenvalue weighted by Gasteiger charge is -2.10. The molecule has 0 fully saturated rings. The number of thioether (sulfide) groups is 1. The van der Waals surface area contributed by atoms with Gasteiger partial charge in [-0.3, -0.25) is 0 Å². The molecule has 0 aliphatic carbocycles. The first kappa shape index (κ1) is 12.5. The van der Waals surface area contributed by atoms with Crippen molar-refractivity contribution in [1.29, 1.82) is 0 Å². The Morgan fingerprint density at radius 1 is 1.35 bits per heavy atom. The average molecular weight is 248 g/mol. The summed E-state index contributed by atoms with van der Waals surface area (Å²) in [6.07, 6.45) is 1.20. The lowest BCUT2D eigenvalue weighted by atomic mass is 10.3. The molecule has 2 nitrogen and oxygen atoms in total. The van der Waals surface area contributed by atoms with Crippen molar-refractivity contribution in [2.45, 2.75) is 30.5 Å². The van der Waals surface area contributed by atoms with Crippen molar-refractivity contribution in [3.63, 3.8) is 0 Å². The molecule has 0 saturated heterocycles. The van der Waals surface area contributed by atoms with Crippen LogP contribution in [0.2, 0.25) is 0 Å². The highest BCUT2D eigenvalue weighted by atomic mass is 32.2. The van der Waals surface area contributed by atoms with Crippen LogP contribution in [-0.2, 0) is 0 Å². The predicted octanol–water partition coefficient (Wildman–Crippen LogP) is 3.65. The summed E-state index contributed by atoms with van der Waals surface area (Å²) < 4.78 is 0. The Balaban J connectivity index is 1.93. The van der Waals surface area contributed by atoms with E-state index in [9.17, 15) is 0 Å². The van der Waals surface area contributed by atoms with Crippen LogP contribution in [0.3, 0.4) is 0 Å². The number of para-hydroxylation sites is 1. The molecule has 2 aromatic rings. The molecule has 1 aromatic heterocycles. The number of hydrogen-bond acceptors (Lipinski definition) is 2. The third kappa shape index (κ3) is 3.51. The fourth-order valence-electron chi connectivity index (χ4n) is 1.85. The molecule has 0 amide bonds. The molecule has 3 heteroatoms. The first-order chi connectivity index (χ1) is 8.29. The van der Waals surface area contributed by atoms with Crippen LogP contribution in [0, 0.1) is 0 Å². The van der Waals surface area contributed by atoms with Crippen LogP contribution in [0.15, 0.2) is 35.4 Å². The van der Waals surface area contributed by atoms with Gasteiger partial charge in [-0.05, 0) is 25.1 Å². The Morgan fingerprint density at radius 2 is 2.18 bits per heavy atom. The van der Waals surface area contributed by atoms with Gasteiger partial charge in [-0.1, -0.05) is 32.0 Å². The lowest BCUT2D eigenvalue weighted by Crippen LogP contribution is -2.23. The standard InChI is InChI=1S/C14H20N2S/c1-3-8-15-10-11(2)17-14-9-12-6-4-5-7-13(12)16-14/h4-7,9,11,15-16H,3,8,10H2,1-2H3. The minimum absolute atomic E-state index is 0.592. The molecular formula is C14H20N2S. The number of aromatic amines is 1. The van der Waals surface area contributed by atoms with Crippen molar-refractivity contribution in [1.82, 2.24) is 10.3 Å². The van der Waals surface area contributed by atoms with Crippen LogP contribution in [0.1, 0.15) is 20.3 Å². The molecule has 1 aromatic carbocycles. The minimum Gasteiger partial charge on any atom is -0.350 e. The van der Waals surface area contributed by atoms with Gasteiger partial charge in [-0.25, -0.2) is 0 Å². The highest BCUT2D eigenvalue weighted by Crippen LogP contribution is 2.26. The predicted molar refractivity (Wildman–Crippen MR) is 76.8 cm³/mol. The van der Waals surface area contributed by atoms with E-state index in [1.807, 2.05) is 11.8 Å². The van der Waals surface area contributed by atoms with Gasteiger partial charge in [0, 0.05) is 22.7 Å². The summed E-state index contributed by atoms with van der Waals surface area (Å²) in [6.45, 7) is 6.63. The summed E-state index contributed by atoms with van der Waals surface area (Å²) in [5.74, 6) is 0. The summed E-state index contributed by atoms with van der Waals surface area (Å²) in [7, 11) is 0. The fraction of sp³-hybridized carbons (Fsp3) is 0.429. The van der Waals surface area contributed by atoms with Gasteiger partial charge < -0.3 is 10.3 Å². The quantitative estimate of drug-likeness (QED) is 0.603. The van der Waals surface area contributed by atoms with E-state index in [-0.39, 0.29) is 0 Å². The van der Waals surface area contributed by atoms with Crippen LogP contribution in [0.25, 0.3) is 10.9 Å². The summed E-state index contributed by atoms with van der Waals surface area (Å²) in [6, 6.07) is 10.7. The van der Waals surface area contributed by atoms with Gasteiger partial charge in [0.15, 0.2) is 0 Å². The van der Waals surface area contributed by atoms with Gasteiger partial charge in [-0.15, -0.1) is 11.8 Å². The summed E-state index contributed by atoms with van der Waals surface area (Å²) in [4.78, 5) is 3.45. The van der Waals surface area contributed by atoms with E-state index in [0.717, 1.165) is 13.1 Å². The smallest absolute Gasteiger partial charge is 0.0735 e. The van der Waals surface area contributed by atoms with Crippen molar-refractivity contribution < 1.29 is 0 Å². The molecule has 2 N–H and O–H groups in total. The Morgan fingerprint density at radius 3 is 2.94 bits per heavy atom. The summed E-state index contributed by atoms with van der Waals surface area (Å²) in [5.41, 5.74) is 1.23. The maximum Gasteiger partial charge on any atom is 0.0735 e. The second-order valence-corrected chi connectivity index (χ2v) is 5.83. The van der Waals surface area contributed by atoms with Crippen molar-refractivity contribution in [2.75, 3.05) is 13.1 Å². The normalized spacial score (nSPS) is 13.1. The van der Waals surface area contributed by atoms with Gasteiger partial charge in [-0.2, -0.15) is 0 Å². The van der Waals surface area contributed by atoms with Crippen molar-refractivity contribution in [3.05, 3.63) is 30.3 Å². The Labute approximate surface area is 107 Å². The van der Waals surface area contributed by atoms with E-state index >= 15 is 0 Å². The molecule has 0 saturated carbocycles. The fourth-order valence-corrected chi connectivity index (χ4v) is 2.85. The topological polar surface area (TPSA) is 27.8 Å². The zero-order valence-electron chi connectivity index (χ0n) is 10.5. The number of rotatable bonds is 6. The summed E-state index contributed by atoms with van der Waals surface area (Å²) >= 11 is 1.90. The van der Waals surface area contributed by atoms with Crippen LogP contribution in [-0.4, -0.2) is 23.3 Å². The zero-order valence-corrected chi connectivity index (χ0v) is 11.3. The van der Waals surface area contributed by atoms with Crippen molar-refractivity contribution >= 4 is 22.7 Å². The molecule has 17 heavy (non-hydrogen) atoms. The molecule has 0 radical (unpaired) electrons. The SMILES string of the molecule is CCCNCC(C)Sc1cc2ccccc2[nH]1. The number of fused-ring (bicyclic) bond motifs is 1. The molecule has 92 valence electrons. The van der Waals surface area contributed by atoms with E-state index in [4.69, 9.17) is 0 Å². The van der Waals surface area contributed by atoms with Gasteiger partial charge in [0.2, 0.25) is 0 Å². The molecule has 0 bridgehead atoms. The number of aromatic nitrogens is 1. The molecule has 0 spiro atoms. The third-order valence-corrected chi connectivity index (χ3v) is 3.73. The molecular weight excluding hydrogens is 228 g/mol. The second kappa shape index (κ2) is 6.12. The van der Waals surface area contributed by atoms with E-state index in [1.54, 1.807) is 0 Å². The molecule has 1 atom stereocenters. The number of nitrogens with one attached hydrogen (secondary N) is 2. The van der Waals surface area contributed by atoms with Gasteiger partial charge in [0.05, 0.1) is 5.03 Å². The maximum atomic E-state index is 3.45. The van der Waals surface area contributed by atoms with Gasteiger partial charge >= 0.3 is 0 Å². The molecule has 0 aliphatic heterocycles. The Hall–Kier alpha value is -0.930. The van der Waals surface area contributed by atoms with Crippen molar-refractivity contribution in [3.8, 4) is 0 Å². The molecule has 0 aliphatic rings. The van der Waals surface area contributed by atoms with E-state index in [2.05, 4.69) is 54.5 Å². The van der Waals surface area contributed by atoms with E-state index in [0.29, 0.717) is 5.25 Å². The first-order valence-corrected chi connectivity index (χ1v) is 7.12. The van der Waals surface area contributed by atoms with Crippen molar-refractivity contribution in [2.24, 2.45) is 0 Å². The van der Waals surface area contributed by atoms with Crippen LogP contribution in [0.5, 0.6) is 0 Å². The minimum atomic E-state index is 0.592. The van der Waals surface area contributed by atoms with E-state index in [1.165, 1.54) is 22.3 Å². The van der Waals surface area contributed by atoms with Crippen LogP contribution < -0.4 is 5.32 Å². The number of hydrogen-bond donors (Lipinski definition) is 2. The lowest BCUT2D eigenvalue weighted by molar-refractivity contribution is 0.669. The Kier molecular flexibility index (Phi) is 4.51. The van der Waals surface area contributed by atoms with Crippen LogP contribution in [0.4, 0.5) is 0 Å². The maximum absolute atomic E-state index is 3.45. The van der Waals surface area contributed by atoms with Gasteiger partial charge in [0.25, 0.3) is 0 Å². The number of benzene rings is 1. The Bertz CT molecular complexity index is 431. The molecule has 1 heterocycles. The first-order valence-electron chi connectivity index (χ1n) is 6.24. The summed E-state index contributed by atoms with van der Waals surface area (Å²) in [5, 5.41) is 6.60. The van der Waals surface area contributed by atoms with E-state index < -0.39 is 0 Å². The second-order valence-electron chi connectivity index (χ2n) is 4.35. The average Bonchev–Trinajstić information content (AvgIpc) is 2.71.